The molecule has 0 aliphatic rings. The third-order valence-corrected chi connectivity index (χ3v) is 3.83. The van der Waals surface area contributed by atoms with Crippen molar-refractivity contribution in [3.63, 3.8) is 0 Å². The molecule has 0 unspecified atom stereocenters. The predicted molar refractivity (Wildman–Crippen MR) is 82.2 cm³/mol. The van der Waals surface area contributed by atoms with Crippen LogP contribution < -0.4 is 11.1 Å². The Kier molecular flexibility index (Phi) is 6.75. The highest BCUT2D eigenvalue weighted by molar-refractivity contribution is 9.10. The van der Waals surface area contributed by atoms with Crippen molar-refractivity contribution in [3.8, 4) is 0 Å². The number of carbonyl (C=O) groups is 1. The number of pyridine rings is 1. The second-order valence-electron chi connectivity index (χ2n) is 4.98. The maximum absolute atomic E-state index is 11.9. The van der Waals surface area contributed by atoms with E-state index in [4.69, 9.17) is 17.3 Å². The van der Waals surface area contributed by atoms with E-state index in [-0.39, 0.29) is 11.8 Å². The average molecular weight is 349 g/mol. The molecule has 6 heteroatoms. The Bertz CT molecular complexity index is 440. The van der Waals surface area contributed by atoms with Gasteiger partial charge >= 0.3 is 0 Å². The van der Waals surface area contributed by atoms with Gasteiger partial charge in [0.2, 0.25) is 5.91 Å². The van der Waals surface area contributed by atoms with Crippen LogP contribution >= 0.6 is 27.5 Å². The number of hydrogen-bond donors (Lipinski definition) is 2. The van der Waals surface area contributed by atoms with Crippen molar-refractivity contribution < 1.29 is 4.79 Å². The van der Waals surface area contributed by atoms with Crippen molar-refractivity contribution in [1.82, 2.24) is 4.98 Å². The summed E-state index contributed by atoms with van der Waals surface area (Å²) in [6.07, 6.45) is 2.91. The minimum atomic E-state index is -0.0490. The molecule has 0 bridgehead atoms. The number of nitrogens with one attached hydrogen (secondary N) is 1. The van der Waals surface area contributed by atoms with Gasteiger partial charge in [0, 0.05) is 6.42 Å². The standard InChI is InChI=1S/C13H19BrClN3O/c1-8(2)3-9(6-16)4-12(19)18-10-5-11(14)13(15)17-7-10/h5,7-9H,3-4,6,16H2,1-2H3,(H,18,19)/t9-/m0/s1. The van der Waals surface area contributed by atoms with Crippen LogP contribution in [0.4, 0.5) is 5.69 Å². The number of anilines is 1. The lowest BCUT2D eigenvalue weighted by molar-refractivity contribution is -0.117. The molecule has 4 nitrogen and oxygen atoms in total. The zero-order chi connectivity index (χ0) is 14.4. The van der Waals surface area contributed by atoms with Crippen molar-refractivity contribution in [2.45, 2.75) is 26.7 Å². The van der Waals surface area contributed by atoms with Crippen LogP contribution in [0.3, 0.4) is 0 Å². The van der Waals surface area contributed by atoms with Crippen LogP contribution in [0, 0.1) is 11.8 Å². The van der Waals surface area contributed by atoms with Gasteiger partial charge in [-0.3, -0.25) is 4.79 Å². The molecule has 1 amide bonds. The van der Waals surface area contributed by atoms with Crippen molar-refractivity contribution in [3.05, 3.63) is 21.9 Å². The normalized spacial score (nSPS) is 12.5. The number of nitrogens with zero attached hydrogens (tertiary/aromatic N) is 1. The Morgan fingerprint density at radius 2 is 2.26 bits per heavy atom. The quantitative estimate of drug-likeness (QED) is 0.774. The van der Waals surface area contributed by atoms with Crippen LogP contribution in [0.1, 0.15) is 26.7 Å². The summed E-state index contributed by atoms with van der Waals surface area (Å²) in [4.78, 5) is 15.9. The lowest BCUT2D eigenvalue weighted by Gasteiger charge is -2.16. The molecule has 1 heterocycles. The first-order valence-electron chi connectivity index (χ1n) is 6.23. The van der Waals surface area contributed by atoms with Gasteiger partial charge in [-0.05, 0) is 46.8 Å². The maximum Gasteiger partial charge on any atom is 0.224 e. The first-order chi connectivity index (χ1) is 8.92. The molecule has 3 N–H and O–H groups in total. The van der Waals surface area contributed by atoms with E-state index in [9.17, 15) is 4.79 Å². The molecule has 0 radical (unpaired) electrons. The number of hydrogen-bond acceptors (Lipinski definition) is 3. The number of halogens is 2. The van der Waals surface area contributed by atoms with Crippen molar-refractivity contribution in [2.24, 2.45) is 17.6 Å². The molecule has 1 aromatic heterocycles. The van der Waals surface area contributed by atoms with Gasteiger partial charge in [0.1, 0.15) is 5.15 Å². The van der Waals surface area contributed by atoms with E-state index >= 15 is 0 Å². The third kappa shape index (κ3) is 5.89. The summed E-state index contributed by atoms with van der Waals surface area (Å²) in [7, 11) is 0. The summed E-state index contributed by atoms with van der Waals surface area (Å²) >= 11 is 9.06. The fourth-order valence-electron chi connectivity index (χ4n) is 1.89. The molecule has 1 rings (SSSR count). The molecule has 0 fully saturated rings. The highest BCUT2D eigenvalue weighted by Gasteiger charge is 2.14. The molecule has 0 saturated carbocycles. The molecule has 0 saturated heterocycles. The van der Waals surface area contributed by atoms with Gasteiger partial charge in [0.15, 0.2) is 0 Å². The van der Waals surface area contributed by atoms with Crippen LogP contribution in [0.5, 0.6) is 0 Å². The second kappa shape index (κ2) is 7.82. The van der Waals surface area contributed by atoms with E-state index in [1.807, 2.05) is 0 Å². The van der Waals surface area contributed by atoms with E-state index in [0.717, 1.165) is 6.42 Å². The third-order valence-electron chi connectivity index (χ3n) is 2.69. The SMILES string of the molecule is CC(C)C[C@H](CN)CC(=O)Nc1cnc(Cl)c(Br)c1. The molecule has 106 valence electrons. The summed E-state index contributed by atoms with van der Waals surface area (Å²) in [5.41, 5.74) is 6.32. The van der Waals surface area contributed by atoms with Gasteiger partial charge in [-0.25, -0.2) is 4.98 Å². The van der Waals surface area contributed by atoms with Gasteiger partial charge in [-0.1, -0.05) is 25.4 Å². The zero-order valence-electron chi connectivity index (χ0n) is 11.1. The second-order valence-corrected chi connectivity index (χ2v) is 6.19. The molecule has 0 aliphatic carbocycles. The molecule has 0 aliphatic heterocycles. The number of rotatable bonds is 6. The highest BCUT2D eigenvalue weighted by Crippen LogP contribution is 2.23. The zero-order valence-corrected chi connectivity index (χ0v) is 13.5. The van der Waals surface area contributed by atoms with Crippen molar-refractivity contribution >= 4 is 39.1 Å². The Hall–Kier alpha value is -0.650. The largest absolute Gasteiger partial charge is 0.330 e. The molecule has 0 aromatic carbocycles. The van der Waals surface area contributed by atoms with Gasteiger partial charge in [-0.2, -0.15) is 0 Å². The number of carbonyl (C=O) groups excluding carboxylic acids is 1. The summed E-state index contributed by atoms with van der Waals surface area (Å²) in [6.45, 7) is 4.77. The lowest BCUT2D eigenvalue weighted by Crippen LogP contribution is -2.23. The van der Waals surface area contributed by atoms with Crippen LogP contribution in [-0.2, 0) is 4.79 Å². The van der Waals surface area contributed by atoms with Crippen LogP contribution in [0.25, 0.3) is 0 Å². The molecule has 19 heavy (non-hydrogen) atoms. The van der Waals surface area contributed by atoms with Crippen LogP contribution in [0.2, 0.25) is 5.15 Å². The monoisotopic (exact) mass is 347 g/mol. The highest BCUT2D eigenvalue weighted by atomic mass is 79.9. The minimum Gasteiger partial charge on any atom is -0.330 e. The lowest BCUT2D eigenvalue weighted by atomic mass is 9.94. The van der Waals surface area contributed by atoms with Crippen LogP contribution in [0.15, 0.2) is 16.7 Å². The van der Waals surface area contributed by atoms with E-state index in [0.29, 0.717) is 34.2 Å². The Morgan fingerprint density at radius 1 is 1.58 bits per heavy atom. The number of aromatic nitrogens is 1. The van der Waals surface area contributed by atoms with Gasteiger partial charge in [-0.15, -0.1) is 0 Å². The van der Waals surface area contributed by atoms with E-state index < -0.39 is 0 Å². The Morgan fingerprint density at radius 3 is 2.79 bits per heavy atom. The summed E-state index contributed by atoms with van der Waals surface area (Å²) in [5.74, 6) is 0.698. The fraction of sp³-hybridized carbons (Fsp3) is 0.538. The van der Waals surface area contributed by atoms with E-state index in [1.54, 1.807) is 6.07 Å². The van der Waals surface area contributed by atoms with Crippen molar-refractivity contribution in [2.75, 3.05) is 11.9 Å². The van der Waals surface area contributed by atoms with Gasteiger partial charge in [0.05, 0.1) is 16.4 Å². The van der Waals surface area contributed by atoms with E-state index in [2.05, 4.69) is 40.1 Å². The Labute approximate surface area is 127 Å². The smallest absolute Gasteiger partial charge is 0.224 e. The summed E-state index contributed by atoms with van der Waals surface area (Å²) in [5, 5.41) is 3.18. The average Bonchev–Trinajstić information content (AvgIpc) is 2.32. The maximum atomic E-state index is 11.9. The van der Waals surface area contributed by atoms with Gasteiger partial charge in [0.25, 0.3) is 0 Å². The summed E-state index contributed by atoms with van der Waals surface area (Å²) < 4.78 is 0.657. The number of amides is 1. The number of nitrogens with two attached hydrogens (primary N) is 1. The van der Waals surface area contributed by atoms with Crippen molar-refractivity contribution in [1.29, 1.82) is 0 Å². The minimum absolute atomic E-state index is 0.0490. The molecular formula is C13H19BrClN3O. The Balaban J connectivity index is 2.56. The molecule has 1 aromatic rings. The molecule has 1 atom stereocenters. The van der Waals surface area contributed by atoms with E-state index in [1.165, 1.54) is 6.20 Å². The summed E-state index contributed by atoms with van der Waals surface area (Å²) in [6, 6.07) is 1.73. The molecule has 0 spiro atoms. The predicted octanol–water partition coefficient (Wildman–Crippen LogP) is 3.45. The topological polar surface area (TPSA) is 68.0 Å². The van der Waals surface area contributed by atoms with Gasteiger partial charge < -0.3 is 11.1 Å². The first-order valence-corrected chi connectivity index (χ1v) is 7.40. The fourth-order valence-corrected chi connectivity index (χ4v) is 2.35. The first kappa shape index (κ1) is 16.4. The van der Waals surface area contributed by atoms with Crippen LogP contribution in [-0.4, -0.2) is 17.4 Å². The molecular weight excluding hydrogens is 330 g/mol.